The fourth-order valence-electron chi connectivity index (χ4n) is 3.65. The normalized spacial score (nSPS) is 18.0. The Morgan fingerprint density at radius 3 is 2.41 bits per heavy atom. The van der Waals surface area contributed by atoms with Crippen molar-refractivity contribution in [3.8, 4) is 0 Å². The van der Waals surface area contributed by atoms with E-state index in [-0.39, 0.29) is 29.3 Å². The van der Waals surface area contributed by atoms with Gasteiger partial charge >= 0.3 is 0 Å². The molecule has 1 aliphatic rings. The average Bonchev–Trinajstić information content (AvgIpc) is 2.72. The van der Waals surface area contributed by atoms with Gasteiger partial charge in [0.05, 0.1) is 10.8 Å². The van der Waals surface area contributed by atoms with Crippen LogP contribution in [0.5, 0.6) is 0 Å². The second-order valence-corrected chi connectivity index (χ2v) is 9.64. The molecule has 1 amide bonds. The maximum absolute atomic E-state index is 13.3. The van der Waals surface area contributed by atoms with Gasteiger partial charge in [-0.2, -0.15) is 4.31 Å². The fourth-order valence-corrected chi connectivity index (χ4v) is 5.17. The number of hydrogen-bond acceptors (Lipinski definition) is 3. The highest BCUT2D eigenvalue weighted by atomic mass is 32.2. The van der Waals surface area contributed by atoms with Crippen molar-refractivity contribution in [3.05, 3.63) is 66.0 Å². The van der Waals surface area contributed by atoms with E-state index in [2.05, 4.69) is 0 Å². The van der Waals surface area contributed by atoms with Crippen molar-refractivity contribution in [2.24, 2.45) is 5.92 Å². The maximum Gasteiger partial charge on any atom is 0.243 e. The molecular formula is C22H27FN2O3S. The molecule has 156 valence electrons. The number of benzene rings is 2. The second kappa shape index (κ2) is 9.05. The van der Waals surface area contributed by atoms with Crippen molar-refractivity contribution in [2.75, 3.05) is 13.1 Å². The quantitative estimate of drug-likeness (QED) is 0.719. The molecule has 0 N–H and O–H groups in total. The van der Waals surface area contributed by atoms with Crippen LogP contribution in [0.3, 0.4) is 0 Å². The van der Waals surface area contributed by atoms with E-state index in [1.165, 1.54) is 16.4 Å². The molecular weight excluding hydrogens is 391 g/mol. The van der Waals surface area contributed by atoms with Gasteiger partial charge in [-0.15, -0.1) is 0 Å². The summed E-state index contributed by atoms with van der Waals surface area (Å²) in [5.74, 6) is -0.892. The number of carbonyl (C=O) groups is 1. The number of rotatable bonds is 6. The predicted octanol–water partition coefficient (Wildman–Crippen LogP) is 3.66. The smallest absolute Gasteiger partial charge is 0.243 e. The van der Waals surface area contributed by atoms with Gasteiger partial charge in [-0.25, -0.2) is 12.8 Å². The number of piperidine rings is 1. The van der Waals surface area contributed by atoms with Gasteiger partial charge in [-0.3, -0.25) is 4.79 Å². The summed E-state index contributed by atoms with van der Waals surface area (Å²) >= 11 is 0. The molecule has 1 fully saturated rings. The average molecular weight is 419 g/mol. The Labute approximate surface area is 172 Å². The summed E-state index contributed by atoms with van der Waals surface area (Å²) in [6.45, 7) is 4.95. The van der Waals surface area contributed by atoms with Crippen molar-refractivity contribution in [1.82, 2.24) is 9.21 Å². The molecule has 1 saturated heterocycles. The van der Waals surface area contributed by atoms with E-state index in [4.69, 9.17) is 0 Å². The molecule has 7 heteroatoms. The van der Waals surface area contributed by atoms with Crippen LogP contribution in [0.1, 0.15) is 32.3 Å². The van der Waals surface area contributed by atoms with Gasteiger partial charge in [0, 0.05) is 25.7 Å². The van der Waals surface area contributed by atoms with Crippen LogP contribution >= 0.6 is 0 Å². The molecule has 2 aromatic carbocycles. The zero-order chi connectivity index (χ0) is 21.0. The largest absolute Gasteiger partial charge is 0.336 e. The van der Waals surface area contributed by atoms with Gasteiger partial charge in [0.2, 0.25) is 15.9 Å². The minimum Gasteiger partial charge on any atom is -0.336 e. The van der Waals surface area contributed by atoms with E-state index in [0.717, 1.165) is 17.7 Å². The summed E-state index contributed by atoms with van der Waals surface area (Å²) in [6, 6.07) is 14.6. The van der Waals surface area contributed by atoms with Crippen LogP contribution in [0.4, 0.5) is 4.39 Å². The van der Waals surface area contributed by atoms with E-state index in [1.54, 1.807) is 0 Å². The van der Waals surface area contributed by atoms with Gasteiger partial charge in [0.15, 0.2) is 0 Å². The topological polar surface area (TPSA) is 57.7 Å². The molecule has 2 aromatic rings. The molecule has 0 aromatic heterocycles. The first-order chi connectivity index (χ1) is 13.8. The van der Waals surface area contributed by atoms with Gasteiger partial charge < -0.3 is 4.90 Å². The van der Waals surface area contributed by atoms with Crippen molar-refractivity contribution >= 4 is 15.9 Å². The Morgan fingerprint density at radius 2 is 1.79 bits per heavy atom. The SMILES string of the molecule is CC(C)N(Cc1ccccc1)C(=O)C1CCCN(S(=O)(=O)c2ccc(F)cc2)C1. The van der Waals surface area contributed by atoms with Crippen molar-refractivity contribution in [1.29, 1.82) is 0 Å². The third-order valence-electron chi connectivity index (χ3n) is 5.29. The van der Waals surface area contributed by atoms with Crippen LogP contribution in [0.15, 0.2) is 59.5 Å². The Balaban J connectivity index is 1.76. The molecule has 0 spiro atoms. The monoisotopic (exact) mass is 418 g/mol. The summed E-state index contributed by atoms with van der Waals surface area (Å²) in [5.41, 5.74) is 1.04. The van der Waals surface area contributed by atoms with Crippen molar-refractivity contribution in [2.45, 2.75) is 44.2 Å². The van der Waals surface area contributed by atoms with Gasteiger partial charge in [0.25, 0.3) is 0 Å². The van der Waals surface area contributed by atoms with Crippen LogP contribution in [0.2, 0.25) is 0 Å². The van der Waals surface area contributed by atoms with Crippen molar-refractivity contribution < 1.29 is 17.6 Å². The number of nitrogens with zero attached hydrogens (tertiary/aromatic N) is 2. The van der Waals surface area contributed by atoms with E-state index >= 15 is 0 Å². The van der Waals surface area contributed by atoms with Crippen LogP contribution in [-0.4, -0.2) is 42.7 Å². The lowest BCUT2D eigenvalue weighted by Crippen LogP contribution is -2.48. The molecule has 3 rings (SSSR count). The number of hydrogen-bond donors (Lipinski definition) is 0. The molecule has 29 heavy (non-hydrogen) atoms. The maximum atomic E-state index is 13.3. The first kappa shape index (κ1) is 21.5. The van der Waals surface area contributed by atoms with Crippen LogP contribution < -0.4 is 0 Å². The van der Waals surface area contributed by atoms with E-state index in [1.807, 2.05) is 49.1 Å². The molecule has 0 aliphatic carbocycles. The first-order valence-electron chi connectivity index (χ1n) is 9.89. The van der Waals surface area contributed by atoms with Crippen LogP contribution in [0, 0.1) is 11.7 Å². The van der Waals surface area contributed by atoms with Gasteiger partial charge in [-0.1, -0.05) is 30.3 Å². The van der Waals surface area contributed by atoms with E-state index < -0.39 is 15.8 Å². The minimum atomic E-state index is -3.75. The van der Waals surface area contributed by atoms with Crippen LogP contribution in [-0.2, 0) is 21.4 Å². The molecule has 5 nitrogen and oxygen atoms in total. The standard InChI is InChI=1S/C22H27FN2O3S/c1-17(2)25(15-18-7-4-3-5-8-18)22(26)19-9-6-14-24(16-19)29(27,28)21-12-10-20(23)11-13-21/h3-5,7-8,10-13,17,19H,6,9,14-16H2,1-2H3. The zero-order valence-electron chi connectivity index (χ0n) is 16.8. The number of sulfonamides is 1. The molecule has 1 aliphatic heterocycles. The van der Waals surface area contributed by atoms with Gasteiger partial charge in [-0.05, 0) is 56.5 Å². The first-order valence-corrected chi connectivity index (χ1v) is 11.3. The Hall–Kier alpha value is -2.25. The lowest BCUT2D eigenvalue weighted by molar-refractivity contribution is -0.139. The lowest BCUT2D eigenvalue weighted by atomic mass is 9.97. The molecule has 1 atom stereocenters. The third-order valence-corrected chi connectivity index (χ3v) is 7.17. The molecule has 0 saturated carbocycles. The Morgan fingerprint density at radius 1 is 1.14 bits per heavy atom. The summed E-state index contributed by atoms with van der Waals surface area (Å²) in [5, 5.41) is 0. The number of halogens is 1. The second-order valence-electron chi connectivity index (χ2n) is 7.70. The van der Waals surface area contributed by atoms with E-state index in [0.29, 0.717) is 25.9 Å². The number of carbonyl (C=O) groups excluding carboxylic acids is 1. The summed E-state index contributed by atoms with van der Waals surface area (Å²) in [6.07, 6.45) is 1.28. The fraction of sp³-hybridized carbons (Fsp3) is 0.409. The highest BCUT2D eigenvalue weighted by Crippen LogP contribution is 2.26. The summed E-state index contributed by atoms with van der Waals surface area (Å²) in [7, 11) is -3.75. The molecule has 0 bridgehead atoms. The predicted molar refractivity (Wildman–Crippen MR) is 110 cm³/mol. The highest BCUT2D eigenvalue weighted by Gasteiger charge is 2.35. The van der Waals surface area contributed by atoms with Crippen LogP contribution in [0.25, 0.3) is 0 Å². The number of amides is 1. The highest BCUT2D eigenvalue weighted by molar-refractivity contribution is 7.89. The minimum absolute atomic E-state index is 0.00629. The lowest BCUT2D eigenvalue weighted by Gasteiger charge is -2.36. The Kier molecular flexibility index (Phi) is 6.70. The molecule has 1 unspecified atom stereocenters. The molecule has 0 radical (unpaired) electrons. The Bertz CT molecular complexity index is 930. The summed E-state index contributed by atoms with van der Waals surface area (Å²) < 4.78 is 40.4. The zero-order valence-corrected chi connectivity index (χ0v) is 17.6. The van der Waals surface area contributed by atoms with Gasteiger partial charge in [0.1, 0.15) is 5.82 Å². The van der Waals surface area contributed by atoms with Crippen molar-refractivity contribution in [3.63, 3.8) is 0 Å². The third kappa shape index (κ3) is 5.03. The van der Waals surface area contributed by atoms with E-state index in [9.17, 15) is 17.6 Å². The summed E-state index contributed by atoms with van der Waals surface area (Å²) in [4.78, 5) is 15.1. The molecule has 1 heterocycles.